The third-order valence-corrected chi connectivity index (χ3v) is 4.00. The van der Waals surface area contributed by atoms with E-state index >= 15 is 0 Å². The molecule has 0 aliphatic rings. The number of ether oxygens (including phenoxy) is 1. The highest BCUT2D eigenvalue weighted by Crippen LogP contribution is 2.15. The summed E-state index contributed by atoms with van der Waals surface area (Å²) in [6.07, 6.45) is 3.66. The molecular weight excluding hydrogens is 445 g/mol. The van der Waals surface area contributed by atoms with Gasteiger partial charge in [-0.2, -0.15) is 4.99 Å². The van der Waals surface area contributed by atoms with Crippen LogP contribution in [0.25, 0.3) is 0 Å². The molecule has 0 amide bonds. The van der Waals surface area contributed by atoms with Crippen molar-refractivity contribution in [2.24, 2.45) is 16.6 Å². The molecule has 2 aromatic rings. The molecule has 183 valence electrons. The number of rotatable bonds is 10. The molecule has 2 rings (SSSR count). The van der Waals surface area contributed by atoms with Gasteiger partial charge in [-0.05, 0) is 42.2 Å². The fourth-order valence-electron chi connectivity index (χ4n) is 2.45. The van der Waals surface area contributed by atoms with E-state index in [1.807, 2.05) is 32.0 Å². The van der Waals surface area contributed by atoms with Gasteiger partial charge in [-0.25, -0.2) is 9.59 Å². The lowest BCUT2D eigenvalue weighted by molar-refractivity contribution is -0.139. The van der Waals surface area contributed by atoms with Crippen LogP contribution < -0.4 is 10.5 Å². The van der Waals surface area contributed by atoms with Crippen molar-refractivity contribution in [2.75, 3.05) is 0 Å². The van der Waals surface area contributed by atoms with Gasteiger partial charge in [0, 0.05) is 12.6 Å². The number of aromatic nitrogens is 1. The van der Waals surface area contributed by atoms with E-state index in [1.165, 1.54) is 6.08 Å². The Morgan fingerprint density at radius 1 is 1.12 bits per heavy atom. The molecule has 1 aromatic carbocycles. The van der Waals surface area contributed by atoms with Gasteiger partial charge in [0.25, 0.3) is 0 Å². The molecule has 1 heterocycles. The molecule has 2 atom stereocenters. The Hall–Kier alpha value is -3.57. The first-order chi connectivity index (χ1) is 16.1. The summed E-state index contributed by atoms with van der Waals surface area (Å²) in [5.74, 6) is -1.06. The van der Waals surface area contributed by atoms with Gasteiger partial charge in [0.2, 0.25) is 6.08 Å². The van der Waals surface area contributed by atoms with Gasteiger partial charge in [0.05, 0.1) is 5.69 Å². The first kappa shape index (κ1) is 30.4. The molecule has 0 spiro atoms. The van der Waals surface area contributed by atoms with Crippen LogP contribution in [0.2, 0.25) is 0 Å². The van der Waals surface area contributed by atoms with Gasteiger partial charge >= 0.3 is 19.6 Å². The standard InChI is InChI=1S/C16H14N2O4.C6H13NO2.BH2O2/c19-11-18-15(16(20)21)9-12-4-6-14(7-5-12)22-10-13-3-1-2-8-17-13;1-4(2)3-5(7)6(8)9;2-1-3/h1-8,15H,9-10H2,(H,20,21);4-5H,3,7H2,1-2H3,(H,8,9);2-3H. The predicted molar refractivity (Wildman–Crippen MR) is 124 cm³/mol. The summed E-state index contributed by atoms with van der Waals surface area (Å²) in [5.41, 5.74) is 6.78. The lowest BCUT2D eigenvalue weighted by atomic mass is 10.1. The molecular formula is C22H29BN3O8. The van der Waals surface area contributed by atoms with Crippen LogP contribution in [0.1, 0.15) is 31.5 Å². The van der Waals surface area contributed by atoms with Crippen molar-refractivity contribution >= 4 is 25.7 Å². The fraction of sp³-hybridized carbons (Fsp3) is 0.364. The second kappa shape index (κ2) is 17.9. The molecule has 0 bridgehead atoms. The minimum Gasteiger partial charge on any atom is -0.487 e. The smallest absolute Gasteiger partial charge is 0.482 e. The van der Waals surface area contributed by atoms with Crippen LogP contribution in [0.5, 0.6) is 5.75 Å². The number of aliphatic imine (C=N–C) groups is 1. The van der Waals surface area contributed by atoms with E-state index in [1.54, 1.807) is 30.5 Å². The van der Waals surface area contributed by atoms with Crippen molar-refractivity contribution in [3.63, 3.8) is 0 Å². The molecule has 12 heteroatoms. The molecule has 11 nitrogen and oxygen atoms in total. The summed E-state index contributed by atoms with van der Waals surface area (Å²) >= 11 is 0. The van der Waals surface area contributed by atoms with E-state index in [4.69, 9.17) is 30.7 Å². The number of pyridine rings is 1. The number of hydrogen-bond acceptors (Lipinski definition) is 9. The van der Waals surface area contributed by atoms with E-state index in [0.29, 0.717) is 24.7 Å². The quantitative estimate of drug-likeness (QED) is 0.188. The maximum Gasteiger partial charge on any atom is 0.482 e. The van der Waals surface area contributed by atoms with Gasteiger partial charge in [-0.1, -0.05) is 32.0 Å². The molecule has 1 aromatic heterocycles. The maximum atomic E-state index is 10.9. The molecule has 0 fully saturated rings. The van der Waals surface area contributed by atoms with Crippen LogP contribution in [0.15, 0.2) is 53.7 Å². The monoisotopic (exact) mass is 474 g/mol. The fourth-order valence-corrected chi connectivity index (χ4v) is 2.45. The number of carbonyl (C=O) groups is 2. The van der Waals surface area contributed by atoms with Crippen LogP contribution >= 0.6 is 0 Å². The second-order valence-electron chi connectivity index (χ2n) is 7.22. The summed E-state index contributed by atoms with van der Waals surface area (Å²) in [6, 6.07) is 10.7. The summed E-state index contributed by atoms with van der Waals surface area (Å²) < 4.78 is 5.58. The highest BCUT2D eigenvalue weighted by atomic mass is 16.5. The summed E-state index contributed by atoms with van der Waals surface area (Å²) in [7, 11) is 0. The van der Waals surface area contributed by atoms with Crippen molar-refractivity contribution in [1.29, 1.82) is 0 Å². The lowest BCUT2D eigenvalue weighted by Gasteiger charge is -2.08. The largest absolute Gasteiger partial charge is 0.487 e. The van der Waals surface area contributed by atoms with E-state index < -0.39 is 24.0 Å². The average molecular weight is 474 g/mol. The Bertz CT molecular complexity index is 889. The average Bonchev–Trinajstić information content (AvgIpc) is 2.79. The third kappa shape index (κ3) is 14.5. The zero-order chi connectivity index (χ0) is 25.9. The van der Waals surface area contributed by atoms with Gasteiger partial charge in [-0.3, -0.25) is 9.78 Å². The Kier molecular flexibility index (Phi) is 16.0. The Balaban J connectivity index is 0.000000759. The molecule has 0 aliphatic carbocycles. The number of nitrogens with two attached hydrogens (primary N) is 1. The highest BCUT2D eigenvalue weighted by Gasteiger charge is 2.16. The number of benzene rings is 1. The van der Waals surface area contributed by atoms with Gasteiger partial charge in [0.1, 0.15) is 18.4 Å². The molecule has 6 N–H and O–H groups in total. The van der Waals surface area contributed by atoms with Crippen LogP contribution in [0.3, 0.4) is 0 Å². The lowest BCUT2D eigenvalue weighted by Crippen LogP contribution is -2.31. The zero-order valence-corrected chi connectivity index (χ0v) is 18.9. The number of aliphatic carboxylic acids is 2. The Morgan fingerprint density at radius 3 is 2.15 bits per heavy atom. The van der Waals surface area contributed by atoms with Gasteiger partial charge < -0.3 is 30.7 Å². The number of hydrogen-bond donors (Lipinski definition) is 5. The third-order valence-electron chi connectivity index (χ3n) is 4.00. The maximum absolute atomic E-state index is 10.9. The number of carboxylic acids is 2. The molecule has 0 saturated heterocycles. The summed E-state index contributed by atoms with van der Waals surface area (Å²) in [4.78, 5) is 38.7. The van der Waals surface area contributed by atoms with Crippen molar-refractivity contribution in [2.45, 2.75) is 45.4 Å². The number of nitrogens with zero attached hydrogens (tertiary/aromatic N) is 2. The molecule has 0 aliphatic heterocycles. The van der Waals surface area contributed by atoms with Gasteiger partial charge in [-0.15, -0.1) is 0 Å². The topological polar surface area (TPSA) is 193 Å². The summed E-state index contributed by atoms with van der Waals surface area (Å²) in [6.45, 7) is 4.25. The Labute approximate surface area is 198 Å². The second-order valence-corrected chi connectivity index (χ2v) is 7.22. The van der Waals surface area contributed by atoms with Crippen molar-refractivity contribution in [3.8, 4) is 5.75 Å². The zero-order valence-electron chi connectivity index (χ0n) is 18.9. The van der Waals surface area contributed by atoms with Crippen LogP contribution in [-0.2, 0) is 27.4 Å². The normalized spacial score (nSPS) is 11.4. The van der Waals surface area contributed by atoms with Crippen molar-refractivity contribution in [1.82, 2.24) is 4.98 Å². The van der Waals surface area contributed by atoms with E-state index in [9.17, 15) is 14.4 Å². The number of carboxylic acid groups (broad SMARTS) is 2. The number of carbonyl (C=O) groups excluding carboxylic acids is 1. The first-order valence-electron chi connectivity index (χ1n) is 10.1. The van der Waals surface area contributed by atoms with Gasteiger partial charge in [0.15, 0.2) is 6.04 Å². The van der Waals surface area contributed by atoms with E-state index in [2.05, 4.69) is 9.98 Å². The molecule has 1 radical (unpaired) electrons. The molecule has 2 unspecified atom stereocenters. The number of isocyanates is 1. The predicted octanol–water partition coefficient (Wildman–Crippen LogP) is 0.942. The van der Waals surface area contributed by atoms with Crippen molar-refractivity contribution < 1.29 is 39.4 Å². The highest BCUT2D eigenvalue weighted by molar-refractivity contribution is 6.13. The Morgan fingerprint density at radius 2 is 1.74 bits per heavy atom. The van der Waals surface area contributed by atoms with E-state index in [0.717, 1.165) is 11.3 Å². The SMILES string of the molecule is CC(C)CC(N)C(=O)O.O=C=NC(Cc1ccc(OCc2ccccn2)cc1)C(=O)O.O[B]O. The van der Waals surface area contributed by atoms with Crippen LogP contribution in [-0.4, -0.2) is 63.0 Å². The molecule has 34 heavy (non-hydrogen) atoms. The summed E-state index contributed by atoms with van der Waals surface area (Å²) in [5, 5.41) is 31.2. The van der Waals surface area contributed by atoms with Crippen LogP contribution in [0, 0.1) is 5.92 Å². The van der Waals surface area contributed by atoms with Crippen molar-refractivity contribution in [3.05, 3.63) is 59.9 Å². The first-order valence-corrected chi connectivity index (χ1v) is 10.1. The van der Waals surface area contributed by atoms with Crippen LogP contribution in [0.4, 0.5) is 0 Å². The minimum absolute atomic E-state index is 0. The van der Waals surface area contributed by atoms with E-state index in [-0.39, 0.29) is 14.1 Å². The molecule has 0 saturated carbocycles. The minimum atomic E-state index is -1.15.